The number of piperazine rings is 1. The molecule has 1 atom stereocenters. The zero-order valence-corrected chi connectivity index (χ0v) is 15.6. The molecule has 1 N–H and O–H groups in total. The van der Waals surface area contributed by atoms with Crippen LogP contribution in [0.5, 0.6) is 0 Å². The van der Waals surface area contributed by atoms with E-state index in [1.54, 1.807) is 12.1 Å². The minimum absolute atomic E-state index is 0.0140. The van der Waals surface area contributed by atoms with Crippen molar-refractivity contribution in [2.75, 3.05) is 26.2 Å². The Morgan fingerprint density at radius 1 is 1.04 bits per heavy atom. The second-order valence-electron chi connectivity index (χ2n) is 6.59. The molecular formula is C17H27N3O3S. The molecule has 134 valence electrons. The van der Waals surface area contributed by atoms with Crippen LogP contribution in [-0.2, 0) is 14.8 Å². The predicted octanol–water partition coefficient (Wildman–Crippen LogP) is 1.21. The summed E-state index contributed by atoms with van der Waals surface area (Å²) in [7, 11) is -3.46. The maximum Gasteiger partial charge on any atom is 0.243 e. The number of rotatable bonds is 5. The molecule has 0 spiro atoms. The summed E-state index contributed by atoms with van der Waals surface area (Å²) in [6, 6.07) is 6.76. The molecule has 1 aromatic rings. The summed E-state index contributed by atoms with van der Waals surface area (Å²) in [5, 5.41) is 2.90. The fourth-order valence-corrected chi connectivity index (χ4v) is 4.18. The van der Waals surface area contributed by atoms with E-state index in [9.17, 15) is 13.2 Å². The van der Waals surface area contributed by atoms with E-state index in [-0.39, 0.29) is 18.0 Å². The first kappa shape index (κ1) is 18.9. The predicted molar refractivity (Wildman–Crippen MR) is 94.3 cm³/mol. The van der Waals surface area contributed by atoms with Gasteiger partial charge in [0.1, 0.15) is 0 Å². The van der Waals surface area contributed by atoms with Crippen LogP contribution in [0.1, 0.15) is 26.3 Å². The van der Waals surface area contributed by atoms with Gasteiger partial charge in [-0.1, -0.05) is 17.7 Å². The van der Waals surface area contributed by atoms with Crippen molar-refractivity contribution in [1.82, 2.24) is 14.5 Å². The third kappa shape index (κ3) is 4.34. The lowest BCUT2D eigenvalue weighted by atomic mass is 10.2. The Kier molecular flexibility index (Phi) is 6.01. The maximum absolute atomic E-state index is 12.7. The topological polar surface area (TPSA) is 69.7 Å². The molecule has 24 heavy (non-hydrogen) atoms. The van der Waals surface area contributed by atoms with Crippen molar-refractivity contribution >= 4 is 15.9 Å². The Bertz CT molecular complexity index is 663. The molecule has 1 heterocycles. The molecule has 1 amide bonds. The summed E-state index contributed by atoms with van der Waals surface area (Å²) in [6.07, 6.45) is 0. The molecule has 0 saturated carbocycles. The summed E-state index contributed by atoms with van der Waals surface area (Å²) >= 11 is 0. The number of benzene rings is 1. The first-order chi connectivity index (χ1) is 11.2. The fourth-order valence-electron chi connectivity index (χ4n) is 2.76. The third-order valence-electron chi connectivity index (χ3n) is 4.29. The Morgan fingerprint density at radius 3 is 2.08 bits per heavy atom. The highest BCUT2D eigenvalue weighted by atomic mass is 32.2. The van der Waals surface area contributed by atoms with Gasteiger partial charge in [-0.3, -0.25) is 9.69 Å². The van der Waals surface area contributed by atoms with Crippen molar-refractivity contribution in [1.29, 1.82) is 0 Å². The van der Waals surface area contributed by atoms with Crippen LogP contribution in [0, 0.1) is 6.92 Å². The molecule has 1 aromatic carbocycles. The number of sulfonamides is 1. The highest BCUT2D eigenvalue weighted by Gasteiger charge is 2.31. The quantitative estimate of drug-likeness (QED) is 0.864. The average molecular weight is 353 g/mol. The monoisotopic (exact) mass is 353 g/mol. The molecule has 1 fully saturated rings. The van der Waals surface area contributed by atoms with Gasteiger partial charge in [0, 0.05) is 32.2 Å². The summed E-state index contributed by atoms with van der Waals surface area (Å²) in [5.74, 6) is -0.0140. The summed E-state index contributed by atoms with van der Waals surface area (Å²) in [5.41, 5.74) is 1.03. The van der Waals surface area contributed by atoms with Gasteiger partial charge in [-0.25, -0.2) is 8.42 Å². The molecule has 0 unspecified atom stereocenters. The van der Waals surface area contributed by atoms with Gasteiger partial charge in [0.05, 0.1) is 10.9 Å². The number of carbonyl (C=O) groups is 1. The molecule has 0 aromatic heterocycles. The molecule has 1 aliphatic rings. The van der Waals surface area contributed by atoms with Crippen LogP contribution in [0.15, 0.2) is 29.2 Å². The second kappa shape index (κ2) is 7.63. The summed E-state index contributed by atoms with van der Waals surface area (Å²) in [4.78, 5) is 14.5. The van der Waals surface area contributed by atoms with E-state index < -0.39 is 10.0 Å². The Hall–Kier alpha value is -1.44. The van der Waals surface area contributed by atoms with E-state index in [0.29, 0.717) is 31.1 Å². The van der Waals surface area contributed by atoms with Gasteiger partial charge in [-0.15, -0.1) is 0 Å². The van der Waals surface area contributed by atoms with E-state index in [1.807, 2.05) is 44.7 Å². The average Bonchev–Trinajstić information content (AvgIpc) is 2.54. The standard InChI is InChI=1S/C17H27N3O3S/c1-13(2)18-17(21)15(4)19-9-11-20(12-10-19)24(22,23)16-7-5-14(3)6-8-16/h5-8,13,15H,9-12H2,1-4H3,(H,18,21)/t15-/m1/s1. The van der Waals surface area contributed by atoms with Gasteiger partial charge in [0.15, 0.2) is 0 Å². The van der Waals surface area contributed by atoms with Crippen molar-refractivity contribution in [2.45, 2.75) is 44.7 Å². The molecule has 6 nitrogen and oxygen atoms in total. The molecule has 7 heteroatoms. The van der Waals surface area contributed by atoms with Crippen LogP contribution in [0.25, 0.3) is 0 Å². The molecule has 1 aliphatic heterocycles. The van der Waals surface area contributed by atoms with Gasteiger partial charge >= 0.3 is 0 Å². The zero-order valence-electron chi connectivity index (χ0n) is 14.8. The summed E-state index contributed by atoms with van der Waals surface area (Å²) < 4.78 is 26.9. The first-order valence-electron chi connectivity index (χ1n) is 8.33. The van der Waals surface area contributed by atoms with Crippen LogP contribution >= 0.6 is 0 Å². The Balaban J connectivity index is 1.99. The minimum atomic E-state index is -3.46. The van der Waals surface area contributed by atoms with Gasteiger partial charge in [0.2, 0.25) is 15.9 Å². The van der Waals surface area contributed by atoms with Crippen molar-refractivity contribution in [3.05, 3.63) is 29.8 Å². The molecule has 0 aliphatic carbocycles. The number of amides is 1. The van der Waals surface area contributed by atoms with E-state index in [1.165, 1.54) is 4.31 Å². The SMILES string of the molecule is Cc1ccc(S(=O)(=O)N2CCN([C@H](C)C(=O)NC(C)C)CC2)cc1. The highest BCUT2D eigenvalue weighted by Crippen LogP contribution is 2.19. The minimum Gasteiger partial charge on any atom is -0.353 e. The fraction of sp³-hybridized carbons (Fsp3) is 0.588. The number of nitrogens with zero attached hydrogens (tertiary/aromatic N) is 2. The first-order valence-corrected chi connectivity index (χ1v) is 9.77. The lowest BCUT2D eigenvalue weighted by Crippen LogP contribution is -2.55. The van der Waals surface area contributed by atoms with Crippen molar-refractivity contribution < 1.29 is 13.2 Å². The lowest BCUT2D eigenvalue weighted by Gasteiger charge is -2.37. The molecular weight excluding hydrogens is 326 g/mol. The molecule has 2 rings (SSSR count). The van der Waals surface area contributed by atoms with Crippen molar-refractivity contribution in [3.63, 3.8) is 0 Å². The van der Waals surface area contributed by atoms with Crippen LogP contribution in [0.2, 0.25) is 0 Å². The number of hydrogen-bond acceptors (Lipinski definition) is 4. The van der Waals surface area contributed by atoms with Crippen LogP contribution in [0.3, 0.4) is 0 Å². The highest BCUT2D eigenvalue weighted by molar-refractivity contribution is 7.89. The molecule has 0 bridgehead atoms. The summed E-state index contributed by atoms with van der Waals surface area (Å²) in [6.45, 7) is 9.55. The maximum atomic E-state index is 12.7. The lowest BCUT2D eigenvalue weighted by molar-refractivity contribution is -0.126. The third-order valence-corrected chi connectivity index (χ3v) is 6.20. The molecule has 1 saturated heterocycles. The number of nitrogens with one attached hydrogen (secondary N) is 1. The normalized spacial score (nSPS) is 18.5. The van der Waals surface area contributed by atoms with Gasteiger partial charge in [-0.05, 0) is 39.8 Å². The van der Waals surface area contributed by atoms with E-state index in [0.717, 1.165) is 5.56 Å². The van der Waals surface area contributed by atoms with Gasteiger partial charge < -0.3 is 5.32 Å². The van der Waals surface area contributed by atoms with Crippen molar-refractivity contribution in [2.24, 2.45) is 0 Å². The van der Waals surface area contributed by atoms with Crippen LogP contribution < -0.4 is 5.32 Å². The van der Waals surface area contributed by atoms with Crippen LogP contribution in [0.4, 0.5) is 0 Å². The number of carbonyl (C=O) groups excluding carboxylic acids is 1. The zero-order chi connectivity index (χ0) is 17.9. The van der Waals surface area contributed by atoms with Crippen LogP contribution in [-0.4, -0.2) is 61.8 Å². The van der Waals surface area contributed by atoms with Gasteiger partial charge in [-0.2, -0.15) is 4.31 Å². The smallest absolute Gasteiger partial charge is 0.243 e. The van der Waals surface area contributed by atoms with Crippen molar-refractivity contribution in [3.8, 4) is 0 Å². The number of aryl methyl sites for hydroxylation is 1. The van der Waals surface area contributed by atoms with E-state index in [2.05, 4.69) is 5.32 Å². The van der Waals surface area contributed by atoms with E-state index in [4.69, 9.17) is 0 Å². The van der Waals surface area contributed by atoms with Gasteiger partial charge in [0.25, 0.3) is 0 Å². The second-order valence-corrected chi connectivity index (χ2v) is 8.53. The Labute approximate surface area is 144 Å². The molecule has 0 radical (unpaired) electrons. The van der Waals surface area contributed by atoms with E-state index >= 15 is 0 Å². The largest absolute Gasteiger partial charge is 0.353 e. The Morgan fingerprint density at radius 2 is 1.58 bits per heavy atom. The number of hydrogen-bond donors (Lipinski definition) is 1.